The van der Waals surface area contributed by atoms with E-state index in [1.807, 2.05) is 0 Å². The quantitative estimate of drug-likeness (QED) is 0.623. The molecule has 2 fully saturated rings. The van der Waals surface area contributed by atoms with E-state index in [4.69, 9.17) is 0 Å². The van der Waals surface area contributed by atoms with E-state index in [1.165, 1.54) is 36.4 Å². The van der Waals surface area contributed by atoms with Crippen LogP contribution in [0.4, 0.5) is 16.0 Å². The van der Waals surface area contributed by atoms with Gasteiger partial charge in [-0.15, -0.1) is 0 Å². The van der Waals surface area contributed by atoms with Crippen molar-refractivity contribution >= 4 is 11.6 Å². The second kappa shape index (κ2) is 8.73. The first-order valence-corrected chi connectivity index (χ1v) is 11.4. The summed E-state index contributed by atoms with van der Waals surface area (Å²) in [7, 11) is 1.72. The van der Waals surface area contributed by atoms with Gasteiger partial charge >= 0.3 is 0 Å². The van der Waals surface area contributed by atoms with E-state index in [0.29, 0.717) is 23.1 Å². The van der Waals surface area contributed by atoms with E-state index in [2.05, 4.69) is 44.0 Å². The van der Waals surface area contributed by atoms with Crippen LogP contribution in [0.2, 0.25) is 0 Å². The molecule has 0 amide bonds. The number of aromatic nitrogens is 3. The Morgan fingerprint density at radius 1 is 0.969 bits per heavy atom. The minimum atomic E-state index is -0.477. The molecule has 2 aromatic heterocycles. The normalized spacial score (nSPS) is 17.2. The molecule has 5 rings (SSSR count). The van der Waals surface area contributed by atoms with Crippen molar-refractivity contribution in [2.75, 3.05) is 36.0 Å². The Balaban J connectivity index is 1.32. The zero-order valence-corrected chi connectivity index (χ0v) is 18.4. The summed E-state index contributed by atoms with van der Waals surface area (Å²) in [6.45, 7) is 3.93. The smallest absolute Gasteiger partial charge is 0.255 e. The van der Waals surface area contributed by atoms with Crippen LogP contribution >= 0.6 is 0 Å². The molecule has 32 heavy (non-hydrogen) atoms. The van der Waals surface area contributed by atoms with Crippen LogP contribution < -0.4 is 15.4 Å². The summed E-state index contributed by atoms with van der Waals surface area (Å²) in [5.41, 5.74) is 3.15. The summed E-state index contributed by atoms with van der Waals surface area (Å²) in [6.07, 6.45) is 7.21. The van der Waals surface area contributed by atoms with Gasteiger partial charge in [0.1, 0.15) is 0 Å². The number of benzene rings is 1. The Bertz CT molecular complexity index is 1150. The minimum absolute atomic E-state index is 0.194. The first-order chi connectivity index (χ1) is 15.6. The van der Waals surface area contributed by atoms with Gasteiger partial charge in [-0.2, -0.15) is 0 Å². The molecule has 166 valence electrons. The number of rotatable bonds is 4. The van der Waals surface area contributed by atoms with Gasteiger partial charge in [0.2, 0.25) is 5.95 Å². The maximum absolute atomic E-state index is 14.2. The lowest BCUT2D eigenvalue weighted by atomic mass is 9.89. The van der Waals surface area contributed by atoms with Crippen LogP contribution in [-0.2, 0) is 7.05 Å². The number of nitrogens with zero attached hydrogens (tertiary/aromatic N) is 5. The van der Waals surface area contributed by atoms with Crippen molar-refractivity contribution in [1.82, 2.24) is 14.5 Å². The van der Waals surface area contributed by atoms with Crippen molar-refractivity contribution in [1.29, 1.82) is 0 Å². The molecule has 3 aromatic rings. The predicted octanol–water partition coefficient (Wildman–Crippen LogP) is 3.97. The van der Waals surface area contributed by atoms with Crippen LogP contribution in [0.25, 0.3) is 11.3 Å². The molecule has 1 aromatic carbocycles. The molecule has 7 heteroatoms. The average molecular weight is 434 g/mol. The highest BCUT2D eigenvalue weighted by Crippen LogP contribution is 2.32. The van der Waals surface area contributed by atoms with Gasteiger partial charge in [-0.1, -0.05) is 12.1 Å². The molecular formula is C25H28FN5O. The summed E-state index contributed by atoms with van der Waals surface area (Å²) in [4.78, 5) is 25.6. The maximum atomic E-state index is 14.2. The number of pyridine rings is 1. The van der Waals surface area contributed by atoms with Crippen LogP contribution in [0.1, 0.15) is 37.2 Å². The largest absolute Gasteiger partial charge is 0.372 e. The van der Waals surface area contributed by atoms with Crippen molar-refractivity contribution in [2.45, 2.75) is 31.6 Å². The highest BCUT2D eigenvalue weighted by Gasteiger charge is 2.24. The first kappa shape index (κ1) is 20.7. The lowest BCUT2D eigenvalue weighted by Gasteiger charge is -2.34. The Hall–Kier alpha value is -3.22. The second-order valence-corrected chi connectivity index (χ2v) is 8.74. The third kappa shape index (κ3) is 3.99. The fraction of sp³-hybridized carbons (Fsp3) is 0.400. The van der Waals surface area contributed by atoms with Gasteiger partial charge in [-0.05, 0) is 55.4 Å². The Morgan fingerprint density at radius 2 is 1.69 bits per heavy atom. The molecule has 0 saturated carbocycles. The zero-order chi connectivity index (χ0) is 22.1. The molecule has 2 aliphatic rings. The topological polar surface area (TPSA) is 54.3 Å². The van der Waals surface area contributed by atoms with Crippen LogP contribution in [0, 0.1) is 5.82 Å². The number of hydrogen-bond acceptors (Lipinski definition) is 5. The van der Waals surface area contributed by atoms with Gasteiger partial charge in [0.15, 0.2) is 5.82 Å². The summed E-state index contributed by atoms with van der Waals surface area (Å²) in [5, 5.41) is 0. The van der Waals surface area contributed by atoms with E-state index >= 15 is 0 Å². The molecule has 2 saturated heterocycles. The highest BCUT2D eigenvalue weighted by molar-refractivity contribution is 5.60. The Morgan fingerprint density at radius 3 is 2.38 bits per heavy atom. The van der Waals surface area contributed by atoms with Gasteiger partial charge in [0, 0.05) is 56.7 Å². The van der Waals surface area contributed by atoms with Gasteiger partial charge in [0.05, 0.1) is 11.9 Å². The Kier molecular flexibility index (Phi) is 5.64. The van der Waals surface area contributed by atoms with E-state index in [1.54, 1.807) is 17.7 Å². The highest BCUT2D eigenvalue weighted by atomic mass is 19.1. The molecule has 0 bridgehead atoms. The molecule has 2 aliphatic heterocycles. The molecule has 0 spiro atoms. The van der Waals surface area contributed by atoms with Crippen LogP contribution in [-0.4, -0.2) is 40.7 Å². The molecule has 4 heterocycles. The fourth-order valence-corrected chi connectivity index (χ4v) is 4.88. The van der Waals surface area contributed by atoms with Crippen molar-refractivity contribution in [2.24, 2.45) is 7.05 Å². The summed E-state index contributed by atoms with van der Waals surface area (Å²) >= 11 is 0. The summed E-state index contributed by atoms with van der Waals surface area (Å²) in [5.74, 6) is 0.610. The predicted molar refractivity (Wildman–Crippen MR) is 125 cm³/mol. The molecule has 0 N–H and O–H groups in total. The number of anilines is 2. The SMILES string of the molecule is Cn1c(N2CCC(c3ccc(N4CCCC4)cc3)CC2)nc(-c2ccncc2F)cc1=O. The van der Waals surface area contributed by atoms with Crippen LogP contribution in [0.15, 0.2) is 53.6 Å². The first-order valence-electron chi connectivity index (χ1n) is 11.4. The van der Waals surface area contributed by atoms with E-state index in [0.717, 1.165) is 45.2 Å². The third-order valence-electron chi connectivity index (χ3n) is 6.77. The van der Waals surface area contributed by atoms with Crippen molar-refractivity contribution < 1.29 is 4.39 Å². The van der Waals surface area contributed by atoms with Crippen molar-refractivity contribution in [3.8, 4) is 11.3 Å². The lowest BCUT2D eigenvalue weighted by molar-refractivity contribution is 0.493. The monoisotopic (exact) mass is 433 g/mol. The van der Waals surface area contributed by atoms with E-state index < -0.39 is 5.82 Å². The number of halogens is 1. The molecule has 0 atom stereocenters. The van der Waals surface area contributed by atoms with Gasteiger partial charge in [-0.3, -0.25) is 14.3 Å². The molecule has 0 radical (unpaired) electrons. The lowest BCUT2D eigenvalue weighted by Crippen LogP contribution is -2.37. The second-order valence-electron chi connectivity index (χ2n) is 8.74. The molecule has 0 unspecified atom stereocenters. The van der Waals surface area contributed by atoms with Crippen LogP contribution in [0.5, 0.6) is 0 Å². The zero-order valence-electron chi connectivity index (χ0n) is 18.4. The minimum Gasteiger partial charge on any atom is -0.372 e. The van der Waals surface area contributed by atoms with Crippen molar-refractivity contribution in [3.63, 3.8) is 0 Å². The average Bonchev–Trinajstić information content (AvgIpc) is 3.37. The van der Waals surface area contributed by atoms with Crippen LogP contribution in [0.3, 0.4) is 0 Å². The number of piperidine rings is 1. The fourth-order valence-electron chi connectivity index (χ4n) is 4.88. The maximum Gasteiger partial charge on any atom is 0.255 e. The summed E-state index contributed by atoms with van der Waals surface area (Å²) < 4.78 is 15.8. The van der Waals surface area contributed by atoms with Gasteiger partial charge in [0.25, 0.3) is 5.56 Å². The van der Waals surface area contributed by atoms with Crippen molar-refractivity contribution in [3.05, 3.63) is 70.5 Å². The third-order valence-corrected chi connectivity index (χ3v) is 6.77. The number of hydrogen-bond donors (Lipinski definition) is 0. The van der Waals surface area contributed by atoms with E-state index in [-0.39, 0.29) is 5.56 Å². The van der Waals surface area contributed by atoms with E-state index in [9.17, 15) is 9.18 Å². The summed E-state index contributed by atoms with van der Waals surface area (Å²) in [6, 6.07) is 12.0. The Labute approximate surface area is 187 Å². The van der Waals surface area contributed by atoms with Gasteiger partial charge in [-0.25, -0.2) is 9.37 Å². The standard InChI is InChI=1S/C25H28FN5O/c1-29-24(32)16-23(21-8-11-27-17-22(21)26)28-25(29)31-14-9-19(10-15-31)18-4-6-20(7-5-18)30-12-2-3-13-30/h4-8,11,16-17,19H,2-3,9-10,12-15H2,1H3. The molecular weight excluding hydrogens is 405 g/mol. The molecule has 6 nitrogen and oxygen atoms in total. The molecule has 0 aliphatic carbocycles. The van der Waals surface area contributed by atoms with Gasteiger partial charge < -0.3 is 9.80 Å².